The summed E-state index contributed by atoms with van der Waals surface area (Å²) in [6.45, 7) is 5.13. The zero-order valence-corrected chi connectivity index (χ0v) is 19.2. The first-order valence-electron chi connectivity index (χ1n) is 11.1. The Morgan fingerprint density at radius 2 is 2.00 bits per heavy atom. The Morgan fingerprint density at radius 1 is 1.18 bits per heavy atom. The first-order valence-corrected chi connectivity index (χ1v) is 11.1. The largest absolute Gasteiger partial charge is 0.467 e. The Labute approximate surface area is 196 Å². The van der Waals surface area contributed by atoms with Crippen molar-refractivity contribution in [2.24, 2.45) is 0 Å². The highest BCUT2D eigenvalue weighted by Gasteiger charge is 2.38. The molecule has 5 heterocycles. The highest BCUT2D eigenvalue weighted by Crippen LogP contribution is 2.30. The van der Waals surface area contributed by atoms with E-state index >= 15 is 0 Å². The van der Waals surface area contributed by atoms with E-state index in [9.17, 15) is 4.79 Å². The van der Waals surface area contributed by atoms with Gasteiger partial charge >= 0.3 is 5.97 Å². The van der Waals surface area contributed by atoms with Crippen molar-refractivity contribution in [2.45, 2.75) is 38.9 Å². The fourth-order valence-electron chi connectivity index (χ4n) is 4.34. The summed E-state index contributed by atoms with van der Waals surface area (Å²) >= 11 is 0. The van der Waals surface area contributed by atoms with Crippen molar-refractivity contribution in [3.63, 3.8) is 0 Å². The Morgan fingerprint density at radius 3 is 2.71 bits per heavy atom. The van der Waals surface area contributed by atoms with Crippen LogP contribution in [0.2, 0.25) is 0 Å². The minimum absolute atomic E-state index is 0.0675. The number of hydrogen-bond donors (Lipinski definition) is 1. The molecule has 1 fully saturated rings. The number of nitrogens with one attached hydrogen (secondary N) is 1. The number of carbonyl (C=O) groups is 1. The number of methoxy groups -OCH3 is 1. The van der Waals surface area contributed by atoms with Gasteiger partial charge in [-0.25, -0.2) is 34.7 Å². The molecule has 0 amide bonds. The maximum atomic E-state index is 12.5. The lowest BCUT2D eigenvalue weighted by Crippen LogP contribution is -2.37. The Hall–Kier alpha value is -4.15. The van der Waals surface area contributed by atoms with Crippen LogP contribution in [0.15, 0.2) is 43.1 Å². The number of pyridine rings is 1. The van der Waals surface area contributed by atoms with Crippen LogP contribution in [-0.2, 0) is 16.1 Å². The molecule has 1 saturated heterocycles. The van der Waals surface area contributed by atoms with Crippen LogP contribution < -0.4 is 10.2 Å². The van der Waals surface area contributed by atoms with Gasteiger partial charge in [-0.1, -0.05) is 6.07 Å². The van der Waals surface area contributed by atoms with Gasteiger partial charge in [-0.05, 0) is 26.0 Å². The highest BCUT2D eigenvalue weighted by atomic mass is 16.5. The molecule has 0 saturated carbocycles. The van der Waals surface area contributed by atoms with Crippen molar-refractivity contribution in [3.8, 4) is 11.4 Å². The van der Waals surface area contributed by atoms with Gasteiger partial charge in [-0.3, -0.25) is 0 Å². The molecule has 1 aliphatic heterocycles. The lowest BCUT2D eigenvalue weighted by Gasteiger charge is -2.23. The molecule has 11 heteroatoms. The molecule has 5 rings (SSSR count). The number of hydrogen-bond acceptors (Lipinski definition) is 10. The minimum atomic E-state index is -0.441. The summed E-state index contributed by atoms with van der Waals surface area (Å²) in [5, 5.41) is 3.48. The van der Waals surface area contributed by atoms with Crippen molar-refractivity contribution in [3.05, 3.63) is 48.9 Å². The third-order valence-corrected chi connectivity index (χ3v) is 5.95. The van der Waals surface area contributed by atoms with Crippen LogP contribution in [0.3, 0.4) is 0 Å². The van der Waals surface area contributed by atoms with Crippen molar-refractivity contribution in [1.82, 2.24) is 34.5 Å². The number of imidazole rings is 1. The van der Waals surface area contributed by atoms with E-state index < -0.39 is 6.04 Å². The van der Waals surface area contributed by atoms with E-state index in [1.807, 2.05) is 41.5 Å². The molecule has 4 aromatic rings. The zero-order chi connectivity index (χ0) is 23.7. The second kappa shape index (κ2) is 9.00. The number of esters is 1. The van der Waals surface area contributed by atoms with E-state index in [0.29, 0.717) is 36.7 Å². The molecule has 174 valence electrons. The molecule has 0 aromatic carbocycles. The third kappa shape index (κ3) is 3.89. The zero-order valence-electron chi connectivity index (χ0n) is 19.2. The predicted molar refractivity (Wildman–Crippen MR) is 126 cm³/mol. The number of nitrogens with zero attached hydrogens (tertiary/aromatic N) is 8. The predicted octanol–water partition coefficient (Wildman–Crippen LogP) is 2.24. The van der Waals surface area contributed by atoms with Crippen LogP contribution >= 0.6 is 0 Å². The average Bonchev–Trinajstić information content (AvgIpc) is 3.47. The quantitative estimate of drug-likeness (QED) is 0.429. The van der Waals surface area contributed by atoms with Crippen LogP contribution in [0.1, 0.15) is 19.2 Å². The molecule has 2 unspecified atom stereocenters. The Balaban J connectivity index is 1.48. The van der Waals surface area contributed by atoms with Crippen molar-refractivity contribution in [2.75, 3.05) is 23.9 Å². The molecule has 0 bridgehead atoms. The Kier molecular flexibility index (Phi) is 5.74. The van der Waals surface area contributed by atoms with Crippen LogP contribution in [0.4, 0.5) is 11.6 Å². The molecule has 34 heavy (non-hydrogen) atoms. The van der Waals surface area contributed by atoms with Gasteiger partial charge in [0, 0.05) is 44.1 Å². The maximum absolute atomic E-state index is 12.5. The van der Waals surface area contributed by atoms with Crippen LogP contribution in [0, 0.1) is 6.92 Å². The third-order valence-electron chi connectivity index (χ3n) is 5.95. The number of carbonyl (C=O) groups excluding carboxylic acids is 1. The van der Waals surface area contributed by atoms with Crippen molar-refractivity contribution >= 4 is 28.8 Å². The van der Waals surface area contributed by atoms with Gasteiger partial charge in [0.15, 0.2) is 17.0 Å². The summed E-state index contributed by atoms with van der Waals surface area (Å²) in [5.74, 6) is 2.48. The van der Waals surface area contributed by atoms with Gasteiger partial charge in [-0.15, -0.1) is 0 Å². The average molecular weight is 460 g/mol. The normalized spacial score (nSPS) is 17.8. The van der Waals surface area contributed by atoms with Crippen LogP contribution in [0.5, 0.6) is 0 Å². The summed E-state index contributed by atoms with van der Waals surface area (Å²) in [4.78, 5) is 41.3. The Bertz CT molecular complexity index is 1310. The first-order chi connectivity index (χ1) is 16.6. The monoisotopic (exact) mass is 459 g/mol. The molecule has 11 nitrogen and oxygen atoms in total. The molecule has 0 aliphatic carbocycles. The number of rotatable bonds is 6. The maximum Gasteiger partial charge on any atom is 0.328 e. The second-order valence-electron chi connectivity index (χ2n) is 8.05. The van der Waals surface area contributed by atoms with Gasteiger partial charge < -0.3 is 19.5 Å². The molecule has 4 aromatic heterocycles. The van der Waals surface area contributed by atoms with E-state index in [-0.39, 0.29) is 12.0 Å². The van der Waals surface area contributed by atoms with Gasteiger partial charge in [0.05, 0.1) is 12.7 Å². The number of aromatic nitrogens is 7. The van der Waals surface area contributed by atoms with Crippen LogP contribution in [-0.4, -0.2) is 66.2 Å². The van der Waals surface area contributed by atoms with Gasteiger partial charge in [0.1, 0.15) is 29.8 Å². The molecular weight excluding hydrogens is 434 g/mol. The van der Waals surface area contributed by atoms with Gasteiger partial charge in [0.2, 0.25) is 0 Å². The standard InChI is InChI=1S/C23H25N9O2/c1-4-31-21(15-10-25-14(2)26-11-15)30-19-20(27-13-28-22(19)31)29-16-9-17(23(33)34-3)32(12-16)18-7-5-6-8-24-18/h5-8,10-11,13,16-17H,4,9,12H2,1-3H3,(H,27,28,29). The molecular formula is C23H25N9O2. The van der Waals surface area contributed by atoms with E-state index in [0.717, 1.165) is 22.9 Å². The lowest BCUT2D eigenvalue weighted by molar-refractivity contribution is -0.141. The number of anilines is 2. The van der Waals surface area contributed by atoms with Gasteiger partial charge in [-0.2, -0.15) is 0 Å². The fourth-order valence-corrected chi connectivity index (χ4v) is 4.34. The smallest absolute Gasteiger partial charge is 0.328 e. The van der Waals surface area contributed by atoms with Gasteiger partial charge in [0.25, 0.3) is 0 Å². The molecule has 1 N–H and O–H groups in total. The summed E-state index contributed by atoms with van der Waals surface area (Å²) in [5.41, 5.74) is 2.19. The van der Waals surface area contributed by atoms with Crippen LogP contribution in [0.25, 0.3) is 22.6 Å². The lowest BCUT2D eigenvalue weighted by atomic mass is 10.1. The van der Waals surface area contributed by atoms with Crippen molar-refractivity contribution < 1.29 is 9.53 Å². The molecule has 1 aliphatic rings. The van der Waals surface area contributed by atoms with E-state index in [1.54, 1.807) is 18.6 Å². The summed E-state index contributed by atoms with van der Waals surface area (Å²) in [7, 11) is 1.40. The molecule has 2 atom stereocenters. The molecule has 0 radical (unpaired) electrons. The SMILES string of the molecule is CCn1c(-c2cnc(C)nc2)nc2c(NC3CC(C(=O)OC)N(c4ccccn4)C3)ncnc21. The summed E-state index contributed by atoms with van der Waals surface area (Å²) in [6.07, 6.45) is 7.31. The summed E-state index contributed by atoms with van der Waals surface area (Å²) in [6, 6.07) is 5.13. The molecule has 0 spiro atoms. The first kappa shape index (κ1) is 21.7. The second-order valence-corrected chi connectivity index (χ2v) is 8.05. The topological polar surface area (TPSA) is 124 Å². The number of ether oxygens (including phenoxy) is 1. The van der Waals surface area contributed by atoms with E-state index in [4.69, 9.17) is 9.72 Å². The van der Waals surface area contributed by atoms with E-state index in [2.05, 4.69) is 30.2 Å². The number of fused-ring (bicyclic) bond motifs is 1. The highest BCUT2D eigenvalue weighted by molar-refractivity contribution is 5.87. The van der Waals surface area contributed by atoms with Crippen molar-refractivity contribution in [1.29, 1.82) is 0 Å². The fraction of sp³-hybridized carbons (Fsp3) is 0.348. The number of aryl methyl sites for hydroxylation is 2. The minimum Gasteiger partial charge on any atom is -0.467 e. The summed E-state index contributed by atoms with van der Waals surface area (Å²) < 4.78 is 7.07. The van der Waals surface area contributed by atoms with E-state index in [1.165, 1.54) is 13.4 Å².